The number of ether oxygens (including phenoxy) is 1. The molecule has 8 heteroatoms. The molecular formula is C10H14BrNO4S2. The van der Waals surface area contributed by atoms with Crippen LogP contribution in [0.3, 0.4) is 0 Å². The summed E-state index contributed by atoms with van der Waals surface area (Å²) in [6.45, 7) is 2.85. The van der Waals surface area contributed by atoms with Crippen molar-refractivity contribution >= 4 is 37.3 Å². The van der Waals surface area contributed by atoms with Crippen LogP contribution in [0.5, 0.6) is 0 Å². The molecule has 0 spiro atoms. The molecule has 5 nitrogen and oxygen atoms in total. The molecule has 0 aromatic carbocycles. The van der Waals surface area contributed by atoms with Crippen molar-refractivity contribution in [2.45, 2.75) is 24.5 Å². The Kier molecular flexibility index (Phi) is 4.45. The van der Waals surface area contributed by atoms with Crippen LogP contribution in [-0.4, -0.2) is 43.6 Å². The molecule has 0 radical (unpaired) electrons. The molecule has 102 valence electrons. The molecule has 0 amide bonds. The standard InChI is InChI=1S/C10H14BrNO4S2/c1-7-6-16-3-2-12(7)18(14,15)9-4-8(5-13)17-10(9)11/h4,7,13H,2-3,5-6H2,1H3. The van der Waals surface area contributed by atoms with Crippen LogP contribution in [0.4, 0.5) is 0 Å². The van der Waals surface area contributed by atoms with E-state index in [2.05, 4.69) is 15.9 Å². The SMILES string of the molecule is CC1COCCN1S(=O)(=O)c1cc(CO)sc1Br. The number of thiophene rings is 1. The normalized spacial score (nSPS) is 22.3. The minimum atomic E-state index is -3.53. The lowest BCUT2D eigenvalue weighted by Crippen LogP contribution is -2.46. The number of hydrogen-bond acceptors (Lipinski definition) is 5. The van der Waals surface area contributed by atoms with E-state index in [1.165, 1.54) is 21.7 Å². The Labute approximate surface area is 119 Å². The summed E-state index contributed by atoms with van der Waals surface area (Å²) in [5.41, 5.74) is 0. The number of nitrogens with zero attached hydrogens (tertiary/aromatic N) is 1. The zero-order valence-corrected chi connectivity index (χ0v) is 13.0. The van der Waals surface area contributed by atoms with Crippen LogP contribution in [-0.2, 0) is 21.4 Å². The highest BCUT2D eigenvalue weighted by atomic mass is 79.9. The summed E-state index contributed by atoms with van der Waals surface area (Å²) in [6, 6.07) is 1.35. The Morgan fingerprint density at radius 1 is 1.67 bits per heavy atom. The monoisotopic (exact) mass is 355 g/mol. The van der Waals surface area contributed by atoms with Crippen LogP contribution in [0.1, 0.15) is 11.8 Å². The molecule has 2 rings (SSSR count). The lowest BCUT2D eigenvalue weighted by atomic mass is 10.3. The molecule has 1 atom stereocenters. The van der Waals surface area contributed by atoms with E-state index in [9.17, 15) is 8.42 Å². The first-order chi connectivity index (χ1) is 8.46. The zero-order chi connectivity index (χ0) is 13.3. The van der Waals surface area contributed by atoms with Gasteiger partial charge in [-0.3, -0.25) is 0 Å². The lowest BCUT2D eigenvalue weighted by Gasteiger charge is -2.32. The second-order valence-electron chi connectivity index (χ2n) is 4.05. The summed E-state index contributed by atoms with van der Waals surface area (Å²) >= 11 is 4.49. The van der Waals surface area contributed by atoms with E-state index < -0.39 is 10.0 Å². The maximum atomic E-state index is 12.5. The molecule has 0 bridgehead atoms. The maximum Gasteiger partial charge on any atom is 0.245 e. The van der Waals surface area contributed by atoms with Crippen LogP contribution < -0.4 is 0 Å². The first kappa shape index (κ1) is 14.4. The third kappa shape index (κ3) is 2.63. The average Bonchev–Trinajstić information content (AvgIpc) is 2.71. The predicted octanol–water partition coefficient (Wildman–Crippen LogP) is 1.41. The molecule has 1 unspecified atom stereocenters. The van der Waals surface area contributed by atoms with E-state index in [4.69, 9.17) is 9.84 Å². The third-order valence-corrected chi connectivity index (χ3v) is 7.01. The molecule has 1 aromatic rings. The summed E-state index contributed by atoms with van der Waals surface area (Å²) < 4.78 is 32.3. The molecule has 18 heavy (non-hydrogen) atoms. The van der Waals surface area contributed by atoms with Crippen molar-refractivity contribution in [1.29, 1.82) is 0 Å². The fraction of sp³-hybridized carbons (Fsp3) is 0.600. The van der Waals surface area contributed by atoms with Crippen molar-refractivity contribution in [3.8, 4) is 0 Å². The van der Waals surface area contributed by atoms with Crippen molar-refractivity contribution in [3.63, 3.8) is 0 Å². The first-order valence-corrected chi connectivity index (χ1v) is 8.50. The third-order valence-electron chi connectivity index (χ3n) is 2.76. The largest absolute Gasteiger partial charge is 0.391 e. The molecule has 0 saturated carbocycles. The lowest BCUT2D eigenvalue weighted by molar-refractivity contribution is 0.0392. The van der Waals surface area contributed by atoms with Crippen molar-refractivity contribution in [1.82, 2.24) is 4.31 Å². The summed E-state index contributed by atoms with van der Waals surface area (Å²) in [5, 5.41) is 9.06. The predicted molar refractivity (Wildman–Crippen MR) is 72.1 cm³/mol. The number of halogens is 1. The van der Waals surface area contributed by atoms with Gasteiger partial charge in [-0.2, -0.15) is 4.31 Å². The van der Waals surface area contributed by atoms with Gasteiger partial charge in [-0.15, -0.1) is 11.3 Å². The van der Waals surface area contributed by atoms with Gasteiger partial charge in [0.1, 0.15) is 4.90 Å². The fourth-order valence-corrected chi connectivity index (χ4v) is 5.94. The summed E-state index contributed by atoms with van der Waals surface area (Å²) in [7, 11) is -3.53. The van der Waals surface area contributed by atoms with Crippen LogP contribution >= 0.6 is 27.3 Å². The number of sulfonamides is 1. The van der Waals surface area contributed by atoms with Crippen LogP contribution in [0.25, 0.3) is 0 Å². The second kappa shape index (κ2) is 5.56. The molecule has 1 saturated heterocycles. The summed E-state index contributed by atoms with van der Waals surface area (Å²) in [6.07, 6.45) is 0. The minimum absolute atomic E-state index is 0.155. The van der Waals surface area contributed by atoms with Gasteiger partial charge in [0.05, 0.1) is 23.6 Å². The second-order valence-corrected chi connectivity index (χ2v) is 8.36. The molecule has 2 heterocycles. The van der Waals surface area contributed by atoms with Gasteiger partial charge < -0.3 is 9.84 Å². The highest BCUT2D eigenvalue weighted by molar-refractivity contribution is 9.11. The highest BCUT2D eigenvalue weighted by Gasteiger charge is 2.33. The zero-order valence-electron chi connectivity index (χ0n) is 9.80. The van der Waals surface area contributed by atoms with Crippen molar-refractivity contribution in [3.05, 3.63) is 14.7 Å². The maximum absolute atomic E-state index is 12.5. The first-order valence-electron chi connectivity index (χ1n) is 5.45. The van der Waals surface area contributed by atoms with E-state index in [-0.39, 0.29) is 17.5 Å². The van der Waals surface area contributed by atoms with Crippen molar-refractivity contribution < 1.29 is 18.3 Å². The minimum Gasteiger partial charge on any atom is -0.391 e. The van der Waals surface area contributed by atoms with Gasteiger partial charge in [0.15, 0.2) is 0 Å². The van der Waals surface area contributed by atoms with Gasteiger partial charge in [-0.25, -0.2) is 8.42 Å². The van der Waals surface area contributed by atoms with Crippen LogP contribution in [0, 0.1) is 0 Å². The van der Waals surface area contributed by atoms with Crippen molar-refractivity contribution in [2.75, 3.05) is 19.8 Å². The Bertz CT molecular complexity index is 528. The number of morpholine rings is 1. The molecule has 0 aliphatic carbocycles. The number of aliphatic hydroxyl groups is 1. The molecule has 1 aliphatic heterocycles. The van der Waals surface area contributed by atoms with E-state index in [1.807, 2.05) is 6.92 Å². The number of hydrogen-bond donors (Lipinski definition) is 1. The van der Waals surface area contributed by atoms with Crippen LogP contribution in [0.15, 0.2) is 14.7 Å². The molecule has 1 fully saturated rings. The Morgan fingerprint density at radius 2 is 2.39 bits per heavy atom. The van der Waals surface area contributed by atoms with Gasteiger partial charge in [0.2, 0.25) is 10.0 Å². The van der Waals surface area contributed by atoms with Gasteiger partial charge in [-0.1, -0.05) is 0 Å². The van der Waals surface area contributed by atoms with Crippen LogP contribution in [0.2, 0.25) is 0 Å². The Balaban J connectivity index is 2.37. The van der Waals surface area contributed by atoms with Gasteiger partial charge in [-0.05, 0) is 28.9 Å². The number of rotatable bonds is 3. The summed E-state index contributed by atoms with van der Waals surface area (Å²) in [4.78, 5) is 0.853. The Morgan fingerprint density at radius 3 is 2.94 bits per heavy atom. The van der Waals surface area contributed by atoms with E-state index in [1.54, 1.807) is 0 Å². The number of aliphatic hydroxyl groups excluding tert-OH is 1. The fourth-order valence-electron chi connectivity index (χ4n) is 1.85. The smallest absolute Gasteiger partial charge is 0.245 e. The van der Waals surface area contributed by atoms with Gasteiger partial charge in [0.25, 0.3) is 0 Å². The Hall–Kier alpha value is 0.01000. The average molecular weight is 356 g/mol. The van der Waals surface area contributed by atoms with E-state index >= 15 is 0 Å². The molecule has 1 aliphatic rings. The molecular weight excluding hydrogens is 342 g/mol. The molecule has 1 N–H and O–H groups in total. The topological polar surface area (TPSA) is 66.8 Å². The highest BCUT2D eigenvalue weighted by Crippen LogP contribution is 2.34. The molecule has 1 aromatic heterocycles. The van der Waals surface area contributed by atoms with E-state index in [0.717, 1.165) is 0 Å². The van der Waals surface area contributed by atoms with E-state index in [0.29, 0.717) is 28.4 Å². The van der Waals surface area contributed by atoms with Gasteiger partial charge in [0, 0.05) is 17.5 Å². The summed E-state index contributed by atoms with van der Waals surface area (Å²) in [5.74, 6) is 0. The van der Waals surface area contributed by atoms with Crippen molar-refractivity contribution in [2.24, 2.45) is 0 Å². The van der Waals surface area contributed by atoms with Gasteiger partial charge >= 0.3 is 0 Å². The quantitative estimate of drug-likeness (QED) is 0.890.